The number of benzene rings is 1. The van der Waals surface area contributed by atoms with E-state index in [9.17, 15) is 4.79 Å². The van der Waals surface area contributed by atoms with Gasteiger partial charge in [-0.25, -0.2) is 9.97 Å². The molecule has 0 aliphatic carbocycles. The molecule has 0 radical (unpaired) electrons. The number of fused-ring (bicyclic) bond motifs is 1. The minimum absolute atomic E-state index is 0.0342. The fraction of sp³-hybridized carbons (Fsp3) is 0.500. The third kappa shape index (κ3) is 3.82. The van der Waals surface area contributed by atoms with E-state index in [1.807, 2.05) is 25.1 Å². The van der Waals surface area contributed by atoms with Gasteiger partial charge in [-0.3, -0.25) is 4.79 Å². The van der Waals surface area contributed by atoms with Crippen LogP contribution in [0.5, 0.6) is 5.75 Å². The maximum atomic E-state index is 12.3. The highest BCUT2D eigenvalue weighted by Gasteiger charge is 2.27. The number of piperidine rings is 1. The first-order chi connectivity index (χ1) is 12.1. The Bertz CT molecular complexity index is 764. The summed E-state index contributed by atoms with van der Waals surface area (Å²) in [4.78, 5) is 23.9. The van der Waals surface area contributed by atoms with Gasteiger partial charge in [0.2, 0.25) is 5.91 Å². The highest BCUT2D eigenvalue weighted by Crippen LogP contribution is 2.27. The highest BCUT2D eigenvalue weighted by atomic mass is 16.5. The summed E-state index contributed by atoms with van der Waals surface area (Å²) in [5.41, 5.74) is 7.97. The minimum atomic E-state index is -0.0342. The summed E-state index contributed by atoms with van der Waals surface area (Å²) in [5.74, 6) is 1.66. The molecule has 2 aromatic rings. The van der Waals surface area contributed by atoms with E-state index in [1.54, 1.807) is 7.11 Å². The van der Waals surface area contributed by atoms with Gasteiger partial charge in [0.25, 0.3) is 0 Å². The van der Waals surface area contributed by atoms with E-state index in [4.69, 9.17) is 15.5 Å². The topological polar surface area (TPSA) is 93.4 Å². The lowest BCUT2D eigenvalue weighted by Gasteiger charge is -2.33. The molecule has 1 aliphatic heterocycles. The Morgan fingerprint density at radius 2 is 2.24 bits per heavy atom. The number of hydrogen-bond acceptors (Lipinski definition) is 6. The predicted octanol–water partition coefficient (Wildman–Crippen LogP) is 1.24. The summed E-state index contributed by atoms with van der Waals surface area (Å²) in [6, 6.07) is 5.69. The maximum Gasteiger partial charge on any atom is 0.224 e. The summed E-state index contributed by atoms with van der Waals surface area (Å²) in [5, 5.41) is 2.89. The van der Waals surface area contributed by atoms with Crippen LogP contribution in [-0.2, 0) is 4.79 Å². The zero-order valence-electron chi connectivity index (χ0n) is 14.8. The SMILES string of the molecule is COc1ccc2nc(N3CCCC(C(=O)NCCN)C3)c(C)nc2c1. The zero-order chi connectivity index (χ0) is 17.8. The van der Waals surface area contributed by atoms with Crippen molar-refractivity contribution >= 4 is 22.8 Å². The molecule has 25 heavy (non-hydrogen) atoms. The lowest BCUT2D eigenvalue weighted by atomic mass is 9.97. The van der Waals surface area contributed by atoms with E-state index >= 15 is 0 Å². The first kappa shape index (κ1) is 17.4. The smallest absolute Gasteiger partial charge is 0.224 e. The van der Waals surface area contributed by atoms with E-state index in [0.29, 0.717) is 19.6 Å². The number of nitrogens with zero attached hydrogens (tertiary/aromatic N) is 3. The molecular weight excluding hydrogens is 318 g/mol. The molecule has 1 aromatic heterocycles. The number of aromatic nitrogens is 2. The summed E-state index contributed by atoms with van der Waals surface area (Å²) in [6.45, 7) is 4.48. The number of carbonyl (C=O) groups excluding carboxylic acids is 1. The van der Waals surface area contributed by atoms with Crippen molar-refractivity contribution in [3.8, 4) is 5.75 Å². The van der Waals surface area contributed by atoms with Crippen LogP contribution in [0.15, 0.2) is 18.2 Å². The van der Waals surface area contributed by atoms with Crippen LogP contribution in [0, 0.1) is 12.8 Å². The number of hydrogen-bond donors (Lipinski definition) is 2. The van der Waals surface area contributed by atoms with Crippen LogP contribution < -0.4 is 20.7 Å². The number of amides is 1. The van der Waals surface area contributed by atoms with Gasteiger partial charge in [0.15, 0.2) is 5.82 Å². The first-order valence-electron chi connectivity index (χ1n) is 8.67. The molecule has 2 heterocycles. The van der Waals surface area contributed by atoms with Gasteiger partial charge in [-0.2, -0.15) is 0 Å². The summed E-state index contributed by atoms with van der Waals surface area (Å²) >= 11 is 0. The van der Waals surface area contributed by atoms with Crippen molar-refractivity contribution in [1.29, 1.82) is 0 Å². The molecule has 1 unspecified atom stereocenters. The van der Waals surface area contributed by atoms with E-state index < -0.39 is 0 Å². The van der Waals surface area contributed by atoms with Crippen LogP contribution >= 0.6 is 0 Å². The van der Waals surface area contributed by atoms with Crippen molar-refractivity contribution in [2.45, 2.75) is 19.8 Å². The fourth-order valence-corrected chi connectivity index (χ4v) is 3.26. The number of nitrogens with one attached hydrogen (secondary N) is 1. The highest BCUT2D eigenvalue weighted by molar-refractivity contribution is 5.80. The molecule has 3 N–H and O–H groups in total. The molecule has 0 saturated carbocycles. The molecule has 1 saturated heterocycles. The maximum absolute atomic E-state index is 12.3. The Labute approximate surface area is 147 Å². The predicted molar refractivity (Wildman–Crippen MR) is 97.8 cm³/mol. The minimum Gasteiger partial charge on any atom is -0.497 e. The molecule has 3 rings (SSSR count). The second kappa shape index (κ2) is 7.65. The standard InChI is InChI=1S/C18H25N5O2/c1-12-17(22-15-6-5-14(25-2)10-16(15)21-12)23-9-3-4-13(11-23)18(24)20-8-7-19/h5-6,10,13H,3-4,7-9,11,19H2,1-2H3,(H,20,24). The molecule has 1 atom stereocenters. The molecule has 134 valence electrons. The summed E-state index contributed by atoms with van der Waals surface area (Å²) in [7, 11) is 1.64. The van der Waals surface area contributed by atoms with Crippen molar-refractivity contribution in [3.63, 3.8) is 0 Å². The third-order valence-electron chi connectivity index (χ3n) is 4.56. The molecule has 7 heteroatoms. The van der Waals surface area contributed by atoms with Gasteiger partial charge in [-0.1, -0.05) is 0 Å². The Morgan fingerprint density at radius 1 is 1.40 bits per heavy atom. The van der Waals surface area contributed by atoms with Crippen LogP contribution in [0.2, 0.25) is 0 Å². The van der Waals surface area contributed by atoms with Gasteiger partial charge in [-0.05, 0) is 31.9 Å². The second-order valence-electron chi connectivity index (χ2n) is 6.35. The van der Waals surface area contributed by atoms with Crippen molar-refractivity contribution < 1.29 is 9.53 Å². The van der Waals surface area contributed by atoms with Gasteiger partial charge in [0.1, 0.15) is 5.75 Å². The van der Waals surface area contributed by atoms with Gasteiger partial charge in [0, 0.05) is 32.2 Å². The molecule has 1 aromatic carbocycles. The largest absolute Gasteiger partial charge is 0.497 e. The van der Waals surface area contributed by atoms with Crippen LogP contribution in [0.4, 0.5) is 5.82 Å². The Balaban J connectivity index is 1.82. The zero-order valence-corrected chi connectivity index (χ0v) is 14.8. The van der Waals surface area contributed by atoms with Crippen molar-refractivity contribution in [2.75, 3.05) is 38.2 Å². The van der Waals surface area contributed by atoms with E-state index in [0.717, 1.165) is 47.7 Å². The quantitative estimate of drug-likeness (QED) is 0.848. The average molecular weight is 343 g/mol. The lowest BCUT2D eigenvalue weighted by Crippen LogP contribution is -2.44. The molecule has 7 nitrogen and oxygen atoms in total. The summed E-state index contributed by atoms with van der Waals surface area (Å²) < 4.78 is 5.25. The monoisotopic (exact) mass is 343 g/mol. The number of carbonyl (C=O) groups is 1. The molecule has 0 bridgehead atoms. The third-order valence-corrected chi connectivity index (χ3v) is 4.56. The van der Waals surface area contributed by atoms with E-state index in [-0.39, 0.29) is 11.8 Å². The number of ether oxygens (including phenoxy) is 1. The number of methoxy groups -OCH3 is 1. The summed E-state index contributed by atoms with van der Waals surface area (Å²) in [6.07, 6.45) is 1.85. The first-order valence-corrected chi connectivity index (χ1v) is 8.67. The van der Waals surface area contributed by atoms with Gasteiger partial charge in [-0.15, -0.1) is 0 Å². The molecule has 1 amide bonds. The Kier molecular flexibility index (Phi) is 5.33. The normalized spacial score (nSPS) is 17.6. The molecule has 0 spiro atoms. The molecular formula is C18H25N5O2. The van der Waals surface area contributed by atoms with Crippen LogP contribution in [0.1, 0.15) is 18.5 Å². The number of anilines is 1. The van der Waals surface area contributed by atoms with E-state index in [2.05, 4.69) is 15.2 Å². The number of aryl methyl sites for hydroxylation is 1. The van der Waals surface area contributed by atoms with Gasteiger partial charge < -0.3 is 20.7 Å². The van der Waals surface area contributed by atoms with Crippen molar-refractivity contribution in [2.24, 2.45) is 11.7 Å². The van der Waals surface area contributed by atoms with Crippen LogP contribution in [0.25, 0.3) is 11.0 Å². The van der Waals surface area contributed by atoms with Crippen molar-refractivity contribution in [1.82, 2.24) is 15.3 Å². The Hall–Kier alpha value is -2.41. The van der Waals surface area contributed by atoms with Gasteiger partial charge in [0.05, 0.1) is 29.8 Å². The number of rotatable bonds is 5. The second-order valence-corrected chi connectivity index (χ2v) is 6.35. The lowest BCUT2D eigenvalue weighted by molar-refractivity contribution is -0.125. The molecule has 1 aliphatic rings. The van der Waals surface area contributed by atoms with Crippen molar-refractivity contribution in [3.05, 3.63) is 23.9 Å². The fourth-order valence-electron chi connectivity index (χ4n) is 3.26. The Morgan fingerprint density at radius 3 is 3.00 bits per heavy atom. The number of nitrogens with two attached hydrogens (primary N) is 1. The average Bonchev–Trinajstić information content (AvgIpc) is 2.65. The van der Waals surface area contributed by atoms with E-state index in [1.165, 1.54) is 0 Å². The van der Waals surface area contributed by atoms with Gasteiger partial charge >= 0.3 is 0 Å². The van der Waals surface area contributed by atoms with Crippen LogP contribution in [0.3, 0.4) is 0 Å². The van der Waals surface area contributed by atoms with Crippen LogP contribution in [-0.4, -0.2) is 49.2 Å². The molecule has 1 fully saturated rings.